The number of nitrogens with zero attached hydrogens (tertiary/aromatic N) is 3. The van der Waals surface area contributed by atoms with Gasteiger partial charge in [0.15, 0.2) is 11.5 Å². The van der Waals surface area contributed by atoms with Gasteiger partial charge in [-0.25, -0.2) is 14.8 Å². The number of carbonyl (C=O) groups excluding carboxylic acids is 2. The summed E-state index contributed by atoms with van der Waals surface area (Å²) in [6.07, 6.45) is -1.74. The lowest BCUT2D eigenvalue weighted by atomic mass is 10.0. The summed E-state index contributed by atoms with van der Waals surface area (Å²) in [5.74, 6) is -0.112. The molecule has 0 saturated carbocycles. The average Bonchev–Trinajstić information content (AvgIpc) is 3.19. The maximum absolute atomic E-state index is 13.0. The molecule has 0 aliphatic rings. The number of aromatic nitrogens is 3. The van der Waals surface area contributed by atoms with Crippen molar-refractivity contribution in [2.24, 2.45) is 0 Å². The van der Waals surface area contributed by atoms with Gasteiger partial charge in [-0.1, -0.05) is 0 Å². The maximum atomic E-state index is 13.0. The first-order valence-electron chi connectivity index (χ1n) is 8.74. The van der Waals surface area contributed by atoms with Crippen LogP contribution in [0.3, 0.4) is 0 Å². The zero-order chi connectivity index (χ0) is 21.9. The van der Waals surface area contributed by atoms with Crippen LogP contribution in [0.25, 0.3) is 21.7 Å². The number of ketones is 1. The molecule has 7 nitrogen and oxygen atoms in total. The fourth-order valence-corrected chi connectivity index (χ4v) is 3.43. The van der Waals surface area contributed by atoms with Crippen molar-refractivity contribution in [2.45, 2.75) is 20.0 Å². The van der Waals surface area contributed by atoms with Gasteiger partial charge in [0, 0.05) is 42.4 Å². The van der Waals surface area contributed by atoms with Gasteiger partial charge in [0.05, 0.1) is 0 Å². The zero-order valence-electron chi connectivity index (χ0n) is 15.9. The molecule has 0 spiro atoms. The van der Waals surface area contributed by atoms with Gasteiger partial charge < -0.3 is 5.32 Å². The first-order valence-corrected chi connectivity index (χ1v) is 9.62. The predicted octanol–water partition coefficient (Wildman–Crippen LogP) is 4.63. The highest BCUT2D eigenvalue weighted by atomic mass is 32.1. The van der Waals surface area contributed by atoms with E-state index in [1.165, 1.54) is 31.5 Å². The summed E-state index contributed by atoms with van der Waals surface area (Å²) in [5.41, 5.74) is 0.509. The number of alkyl halides is 3. The first-order chi connectivity index (χ1) is 14.2. The van der Waals surface area contributed by atoms with Crippen LogP contribution < -0.4 is 10.6 Å². The standard InChI is InChI=1S/C19H16F3N5O2S/c1-3-23-18(29)27-16-7-12(17-26-15(9-30-17)19(20,21)22)13(8-25-16)11-4-5-24-14(6-11)10(2)28/h4-9H,3H2,1-2H3,(H2,23,25,27,29). The van der Waals surface area contributed by atoms with E-state index in [4.69, 9.17) is 0 Å². The third-order valence-electron chi connectivity index (χ3n) is 3.94. The molecule has 3 heterocycles. The summed E-state index contributed by atoms with van der Waals surface area (Å²) in [5, 5.41) is 6.09. The second-order valence-electron chi connectivity index (χ2n) is 6.12. The van der Waals surface area contributed by atoms with Crippen LogP contribution in [0, 0.1) is 0 Å². The number of urea groups is 1. The number of halogens is 3. The summed E-state index contributed by atoms with van der Waals surface area (Å²) in [6, 6.07) is 4.08. The molecule has 2 N–H and O–H groups in total. The molecule has 0 saturated heterocycles. The largest absolute Gasteiger partial charge is 0.434 e. The number of rotatable bonds is 5. The van der Waals surface area contributed by atoms with Crippen LogP contribution in [0.5, 0.6) is 0 Å². The molecule has 0 radical (unpaired) electrons. The van der Waals surface area contributed by atoms with E-state index in [-0.39, 0.29) is 22.3 Å². The molecule has 0 aliphatic heterocycles. The van der Waals surface area contributed by atoms with Crippen LogP contribution in [-0.2, 0) is 6.18 Å². The Balaban J connectivity index is 2.12. The highest BCUT2D eigenvalue weighted by molar-refractivity contribution is 7.13. The predicted molar refractivity (Wildman–Crippen MR) is 106 cm³/mol. The van der Waals surface area contributed by atoms with E-state index in [2.05, 4.69) is 25.6 Å². The molecule has 156 valence electrons. The molecular formula is C19H16F3N5O2S. The van der Waals surface area contributed by atoms with E-state index in [9.17, 15) is 22.8 Å². The Morgan fingerprint density at radius 1 is 1.17 bits per heavy atom. The fourth-order valence-electron chi connectivity index (χ4n) is 2.57. The molecule has 30 heavy (non-hydrogen) atoms. The highest BCUT2D eigenvalue weighted by Gasteiger charge is 2.34. The normalized spacial score (nSPS) is 11.2. The minimum atomic E-state index is -4.58. The number of hydrogen-bond donors (Lipinski definition) is 2. The molecule has 0 bridgehead atoms. The minimum absolute atomic E-state index is 0.0971. The van der Waals surface area contributed by atoms with Crippen LogP contribution in [0.4, 0.5) is 23.8 Å². The molecule has 3 aromatic rings. The number of carbonyl (C=O) groups is 2. The van der Waals surface area contributed by atoms with E-state index in [1.54, 1.807) is 13.0 Å². The van der Waals surface area contributed by atoms with E-state index < -0.39 is 17.9 Å². The first kappa shape index (κ1) is 21.4. The van der Waals surface area contributed by atoms with Crippen molar-refractivity contribution in [1.29, 1.82) is 0 Å². The monoisotopic (exact) mass is 435 g/mol. The average molecular weight is 435 g/mol. The summed E-state index contributed by atoms with van der Waals surface area (Å²) >= 11 is 0.817. The second-order valence-corrected chi connectivity index (χ2v) is 6.98. The van der Waals surface area contributed by atoms with Gasteiger partial charge in [-0.05, 0) is 30.7 Å². The maximum Gasteiger partial charge on any atom is 0.434 e. The van der Waals surface area contributed by atoms with Gasteiger partial charge in [0.1, 0.15) is 16.5 Å². The third-order valence-corrected chi connectivity index (χ3v) is 4.82. The van der Waals surface area contributed by atoms with E-state index in [0.29, 0.717) is 23.2 Å². The molecule has 11 heteroatoms. The van der Waals surface area contributed by atoms with E-state index >= 15 is 0 Å². The lowest BCUT2D eigenvalue weighted by Crippen LogP contribution is -2.28. The van der Waals surface area contributed by atoms with Crippen molar-refractivity contribution < 1.29 is 22.8 Å². The number of anilines is 1. The van der Waals surface area contributed by atoms with Gasteiger partial charge >= 0.3 is 12.2 Å². The molecule has 0 fully saturated rings. The fraction of sp³-hybridized carbons (Fsp3) is 0.211. The molecule has 0 atom stereocenters. The Kier molecular flexibility index (Phi) is 6.11. The summed E-state index contributed by atoms with van der Waals surface area (Å²) in [7, 11) is 0. The number of thiazole rings is 1. The number of nitrogens with one attached hydrogen (secondary N) is 2. The van der Waals surface area contributed by atoms with Crippen LogP contribution in [0.15, 0.2) is 36.0 Å². The van der Waals surface area contributed by atoms with Crippen molar-refractivity contribution >= 4 is 29.0 Å². The van der Waals surface area contributed by atoms with E-state index in [0.717, 1.165) is 16.7 Å². The summed E-state index contributed by atoms with van der Waals surface area (Å²) in [6.45, 7) is 3.50. The van der Waals surface area contributed by atoms with Gasteiger partial charge in [-0.2, -0.15) is 13.2 Å². The molecule has 0 unspecified atom stereocenters. The Morgan fingerprint density at radius 3 is 2.57 bits per heavy atom. The van der Waals surface area contributed by atoms with Crippen LogP contribution >= 0.6 is 11.3 Å². The van der Waals surface area contributed by atoms with Crippen molar-refractivity contribution in [2.75, 3.05) is 11.9 Å². The van der Waals surface area contributed by atoms with Crippen LogP contribution in [0.2, 0.25) is 0 Å². The van der Waals surface area contributed by atoms with Crippen LogP contribution in [-0.4, -0.2) is 33.3 Å². The SMILES string of the molecule is CCNC(=O)Nc1cc(-c2nc(C(F)(F)F)cs2)c(-c2ccnc(C(C)=O)c2)cn1. The Morgan fingerprint density at radius 2 is 1.93 bits per heavy atom. The number of hydrogen-bond acceptors (Lipinski definition) is 6. The number of amides is 2. The van der Waals surface area contributed by atoms with E-state index in [1.807, 2.05) is 0 Å². The lowest BCUT2D eigenvalue weighted by Gasteiger charge is -2.11. The minimum Gasteiger partial charge on any atom is -0.338 e. The quantitative estimate of drug-likeness (QED) is 0.570. The highest BCUT2D eigenvalue weighted by Crippen LogP contribution is 2.38. The summed E-state index contributed by atoms with van der Waals surface area (Å²) < 4.78 is 39.1. The van der Waals surface area contributed by atoms with Gasteiger partial charge in [0.2, 0.25) is 0 Å². The van der Waals surface area contributed by atoms with Crippen LogP contribution in [0.1, 0.15) is 30.0 Å². The second kappa shape index (κ2) is 8.57. The Labute approximate surface area is 173 Å². The molecule has 3 aromatic heterocycles. The van der Waals surface area contributed by atoms with Crippen molar-refractivity contribution in [3.05, 3.63) is 47.4 Å². The topological polar surface area (TPSA) is 96.9 Å². The summed E-state index contributed by atoms with van der Waals surface area (Å²) in [4.78, 5) is 35.3. The van der Waals surface area contributed by atoms with Crippen molar-refractivity contribution in [1.82, 2.24) is 20.3 Å². The Hall–Kier alpha value is -3.34. The zero-order valence-corrected chi connectivity index (χ0v) is 16.7. The number of Topliss-reactive ketones (excluding diaryl/α,β-unsaturated/α-hetero) is 1. The van der Waals surface area contributed by atoms with Gasteiger partial charge in [0.25, 0.3) is 0 Å². The molecule has 2 amide bonds. The van der Waals surface area contributed by atoms with Gasteiger partial charge in [-0.15, -0.1) is 11.3 Å². The molecule has 0 aromatic carbocycles. The van der Waals surface area contributed by atoms with Gasteiger partial charge in [-0.3, -0.25) is 15.1 Å². The lowest BCUT2D eigenvalue weighted by molar-refractivity contribution is -0.140. The Bertz CT molecular complexity index is 1100. The molecule has 0 aliphatic carbocycles. The third kappa shape index (κ3) is 4.79. The van der Waals surface area contributed by atoms with Crippen molar-refractivity contribution in [3.8, 4) is 21.7 Å². The molecular weight excluding hydrogens is 419 g/mol. The van der Waals surface area contributed by atoms with Crippen molar-refractivity contribution in [3.63, 3.8) is 0 Å². The number of pyridine rings is 2. The molecule has 3 rings (SSSR count). The smallest absolute Gasteiger partial charge is 0.338 e.